The third-order valence-corrected chi connectivity index (χ3v) is 3.33. The van der Waals surface area contributed by atoms with Crippen LogP contribution in [0.1, 0.15) is 18.7 Å². The Balaban J connectivity index is 1.97. The largest absolute Gasteiger partial charge is 0.395 e. The highest BCUT2D eigenvalue weighted by atomic mass is 16.3. The number of aliphatic hydroxyl groups is 1. The summed E-state index contributed by atoms with van der Waals surface area (Å²) in [7, 11) is 2.15. The number of hydrogen-bond acceptors (Lipinski definition) is 6. The molecule has 1 fully saturated rings. The SMILES string of the molecule is Cc1nc(NCCO)cc(NC2CCN(C)CC2)n1. The Morgan fingerprint density at radius 3 is 2.68 bits per heavy atom. The first-order valence-corrected chi connectivity index (χ1v) is 6.83. The summed E-state index contributed by atoms with van der Waals surface area (Å²) in [4.78, 5) is 11.1. The van der Waals surface area contributed by atoms with Gasteiger partial charge >= 0.3 is 0 Å². The molecule has 0 atom stereocenters. The first-order valence-electron chi connectivity index (χ1n) is 6.83. The van der Waals surface area contributed by atoms with Crippen molar-refractivity contribution in [3.05, 3.63) is 11.9 Å². The fraction of sp³-hybridized carbons (Fsp3) is 0.692. The Morgan fingerprint density at radius 1 is 1.32 bits per heavy atom. The van der Waals surface area contributed by atoms with Crippen LogP contribution in [0.25, 0.3) is 0 Å². The molecule has 6 heteroatoms. The summed E-state index contributed by atoms with van der Waals surface area (Å²) in [5, 5.41) is 15.4. The maximum atomic E-state index is 8.83. The van der Waals surface area contributed by atoms with Crippen LogP contribution in [0.15, 0.2) is 6.07 Å². The number of nitrogens with one attached hydrogen (secondary N) is 2. The van der Waals surface area contributed by atoms with Crippen LogP contribution in [0.4, 0.5) is 11.6 Å². The van der Waals surface area contributed by atoms with Gasteiger partial charge in [-0.1, -0.05) is 0 Å². The van der Waals surface area contributed by atoms with Gasteiger partial charge in [0.25, 0.3) is 0 Å². The quantitative estimate of drug-likeness (QED) is 0.727. The van der Waals surface area contributed by atoms with Crippen molar-refractivity contribution in [2.75, 3.05) is 43.9 Å². The Hall–Kier alpha value is -1.40. The number of aliphatic hydroxyl groups excluding tert-OH is 1. The lowest BCUT2D eigenvalue weighted by Gasteiger charge is -2.29. The van der Waals surface area contributed by atoms with Crippen molar-refractivity contribution in [3.63, 3.8) is 0 Å². The predicted molar refractivity (Wildman–Crippen MR) is 76.5 cm³/mol. The van der Waals surface area contributed by atoms with Gasteiger partial charge < -0.3 is 20.6 Å². The highest BCUT2D eigenvalue weighted by Crippen LogP contribution is 2.16. The number of hydrogen-bond donors (Lipinski definition) is 3. The monoisotopic (exact) mass is 265 g/mol. The zero-order valence-electron chi connectivity index (χ0n) is 11.7. The van der Waals surface area contributed by atoms with E-state index in [9.17, 15) is 0 Å². The number of piperidine rings is 1. The van der Waals surface area contributed by atoms with E-state index in [1.807, 2.05) is 13.0 Å². The molecule has 0 spiro atoms. The maximum absolute atomic E-state index is 8.83. The number of likely N-dealkylation sites (tertiary alicyclic amines) is 1. The molecule has 1 aromatic heterocycles. The second-order valence-electron chi connectivity index (χ2n) is 5.06. The fourth-order valence-electron chi connectivity index (χ4n) is 2.28. The minimum absolute atomic E-state index is 0.0980. The first-order chi connectivity index (χ1) is 9.17. The summed E-state index contributed by atoms with van der Waals surface area (Å²) in [6.45, 7) is 4.73. The van der Waals surface area contributed by atoms with Gasteiger partial charge in [-0.2, -0.15) is 0 Å². The summed E-state index contributed by atoms with van der Waals surface area (Å²) in [6.07, 6.45) is 2.28. The van der Waals surface area contributed by atoms with E-state index in [0.29, 0.717) is 12.6 Å². The van der Waals surface area contributed by atoms with E-state index >= 15 is 0 Å². The second-order valence-corrected chi connectivity index (χ2v) is 5.06. The molecule has 19 heavy (non-hydrogen) atoms. The molecule has 3 N–H and O–H groups in total. The van der Waals surface area contributed by atoms with Gasteiger partial charge in [-0.05, 0) is 39.9 Å². The number of aryl methyl sites for hydroxylation is 1. The van der Waals surface area contributed by atoms with Crippen molar-refractivity contribution in [2.45, 2.75) is 25.8 Å². The van der Waals surface area contributed by atoms with E-state index in [-0.39, 0.29) is 6.61 Å². The Labute approximate surface area is 114 Å². The Bertz CT molecular complexity index is 404. The molecule has 1 aliphatic heterocycles. The summed E-state index contributed by atoms with van der Waals surface area (Å²) in [5.41, 5.74) is 0. The van der Waals surface area contributed by atoms with E-state index in [4.69, 9.17) is 5.11 Å². The molecule has 0 aromatic carbocycles. The van der Waals surface area contributed by atoms with Gasteiger partial charge in [-0.3, -0.25) is 0 Å². The molecule has 1 aromatic rings. The number of anilines is 2. The molecule has 0 aliphatic carbocycles. The zero-order valence-corrected chi connectivity index (χ0v) is 11.7. The van der Waals surface area contributed by atoms with Crippen LogP contribution in [0, 0.1) is 6.92 Å². The van der Waals surface area contributed by atoms with Crippen molar-refractivity contribution in [3.8, 4) is 0 Å². The molecule has 0 unspecified atom stereocenters. The summed E-state index contributed by atoms with van der Waals surface area (Å²) in [5.74, 6) is 2.36. The average molecular weight is 265 g/mol. The van der Waals surface area contributed by atoms with Gasteiger partial charge in [0.05, 0.1) is 6.61 Å². The van der Waals surface area contributed by atoms with Crippen molar-refractivity contribution >= 4 is 11.6 Å². The third-order valence-electron chi connectivity index (χ3n) is 3.33. The van der Waals surface area contributed by atoms with Crippen LogP contribution >= 0.6 is 0 Å². The van der Waals surface area contributed by atoms with E-state index in [2.05, 4.69) is 32.5 Å². The lowest BCUT2D eigenvalue weighted by Crippen LogP contribution is -2.36. The third kappa shape index (κ3) is 4.33. The van der Waals surface area contributed by atoms with E-state index in [0.717, 1.165) is 43.4 Å². The van der Waals surface area contributed by atoms with Gasteiger partial charge in [-0.25, -0.2) is 9.97 Å². The van der Waals surface area contributed by atoms with Crippen LogP contribution in [0.5, 0.6) is 0 Å². The molecule has 6 nitrogen and oxygen atoms in total. The topological polar surface area (TPSA) is 73.3 Å². The molecule has 0 saturated carbocycles. The molecule has 0 radical (unpaired) electrons. The first kappa shape index (κ1) is 14.0. The van der Waals surface area contributed by atoms with Crippen LogP contribution in [0.2, 0.25) is 0 Å². The molecule has 0 amide bonds. The molecule has 2 rings (SSSR count). The van der Waals surface area contributed by atoms with Crippen LogP contribution in [-0.2, 0) is 0 Å². The molecule has 0 bridgehead atoms. The van der Waals surface area contributed by atoms with Gasteiger partial charge in [-0.15, -0.1) is 0 Å². The van der Waals surface area contributed by atoms with Gasteiger partial charge in [0.2, 0.25) is 0 Å². The Kier molecular flexibility index (Phi) is 4.93. The lowest BCUT2D eigenvalue weighted by molar-refractivity contribution is 0.263. The Morgan fingerprint density at radius 2 is 2.00 bits per heavy atom. The minimum Gasteiger partial charge on any atom is -0.395 e. The van der Waals surface area contributed by atoms with Gasteiger partial charge in [0.1, 0.15) is 17.5 Å². The van der Waals surface area contributed by atoms with Gasteiger partial charge in [0, 0.05) is 18.7 Å². The van der Waals surface area contributed by atoms with Crippen LogP contribution in [0.3, 0.4) is 0 Å². The lowest BCUT2D eigenvalue weighted by atomic mass is 10.1. The van der Waals surface area contributed by atoms with Crippen molar-refractivity contribution < 1.29 is 5.11 Å². The molecular weight excluding hydrogens is 242 g/mol. The second kappa shape index (κ2) is 6.68. The van der Waals surface area contributed by atoms with E-state index < -0.39 is 0 Å². The minimum atomic E-state index is 0.0980. The molecule has 1 aliphatic rings. The summed E-state index contributed by atoms with van der Waals surface area (Å²) in [6, 6.07) is 2.39. The van der Waals surface area contributed by atoms with Crippen molar-refractivity contribution in [1.82, 2.24) is 14.9 Å². The summed E-state index contributed by atoms with van der Waals surface area (Å²) >= 11 is 0. The smallest absolute Gasteiger partial charge is 0.132 e. The number of aromatic nitrogens is 2. The highest BCUT2D eigenvalue weighted by Gasteiger charge is 2.17. The average Bonchev–Trinajstić information content (AvgIpc) is 2.38. The van der Waals surface area contributed by atoms with Crippen molar-refractivity contribution in [2.24, 2.45) is 0 Å². The number of nitrogens with zero attached hydrogens (tertiary/aromatic N) is 3. The van der Waals surface area contributed by atoms with Gasteiger partial charge in [0.15, 0.2) is 0 Å². The zero-order chi connectivity index (χ0) is 13.7. The number of rotatable bonds is 5. The fourth-order valence-corrected chi connectivity index (χ4v) is 2.28. The predicted octanol–water partition coefficient (Wildman–Crippen LogP) is 0.695. The van der Waals surface area contributed by atoms with E-state index in [1.165, 1.54) is 0 Å². The van der Waals surface area contributed by atoms with Crippen LogP contribution in [-0.4, -0.2) is 59.3 Å². The molecule has 1 saturated heterocycles. The molecule has 106 valence electrons. The standard InChI is InChI=1S/C13H23N5O/c1-10-15-12(14-5-8-19)9-13(16-10)17-11-3-6-18(2)7-4-11/h9,11,19H,3-8H2,1-2H3,(H2,14,15,16,17). The summed E-state index contributed by atoms with van der Waals surface area (Å²) < 4.78 is 0. The van der Waals surface area contributed by atoms with Crippen LogP contribution < -0.4 is 10.6 Å². The van der Waals surface area contributed by atoms with E-state index in [1.54, 1.807) is 0 Å². The molecule has 2 heterocycles. The molecular formula is C13H23N5O. The normalized spacial score (nSPS) is 17.4. The maximum Gasteiger partial charge on any atom is 0.132 e. The highest BCUT2D eigenvalue weighted by molar-refractivity contribution is 5.48. The van der Waals surface area contributed by atoms with Crippen molar-refractivity contribution in [1.29, 1.82) is 0 Å².